The van der Waals surface area contributed by atoms with Crippen LogP contribution >= 0.6 is 0 Å². The van der Waals surface area contributed by atoms with Crippen LogP contribution in [-0.4, -0.2) is 41.5 Å². The average molecular weight is 371 g/mol. The molecule has 0 spiro atoms. The number of cyclic esters (lactones) is 1. The quantitative estimate of drug-likeness (QED) is 0.797. The van der Waals surface area contributed by atoms with E-state index in [9.17, 15) is 14.4 Å². The molecule has 2 aliphatic heterocycles. The van der Waals surface area contributed by atoms with Crippen LogP contribution in [0.4, 0.5) is 4.79 Å². The predicted octanol–water partition coefficient (Wildman–Crippen LogP) is 2.10. The van der Waals surface area contributed by atoms with E-state index in [0.717, 1.165) is 16.7 Å². The van der Waals surface area contributed by atoms with Gasteiger partial charge in [-0.3, -0.25) is 9.69 Å². The van der Waals surface area contributed by atoms with Gasteiger partial charge in [-0.2, -0.15) is 0 Å². The number of aryl methyl sites for hydroxylation is 2. The Bertz CT molecular complexity index is 851. The molecule has 0 saturated heterocycles. The van der Waals surface area contributed by atoms with Crippen molar-refractivity contribution in [1.82, 2.24) is 15.5 Å². The Hall–Kier alpha value is -2.83. The molecule has 2 heterocycles. The van der Waals surface area contributed by atoms with Crippen LogP contribution in [0, 0.1) is 13.8 Å². The normalized spacial score (nSPS) is 19.6. The molecule has 0 radical (unpaired) electrons. The third kappa shape index (κ3) is 3.82. The second-order valence-corrected chi connectivity index (χ2v) is 8.06. The summed E-state index contributed by atoms with van der Waals surface area (Å²) in [6.07, 6.45) is 0. The summed E-state index contributed by atoms with van der Waals surface area (Å²) < 4.78 is 5.20. The summed E-state index contributed by atoms with van der Waals surface area (Å²) in [5, 5.41) is 5.70. The van der Waals surface area contributed by atoms with E-state index in [1.54, 1.807) is 0 Å². The SMILES string of the molecule is Cc1ccc(C)c([C@@H]2NC(=O)N(CC(=O)NC(C)(C)C)C3=C2C(=O)OC3)c1. The maximum atomic E-state index is 12.8. The Morgan fingerprint density at radius 3 is 2.67 bits per heavy atom. The lowest BCUT2D eigenvalue weighted by atomic mass is 9.91. The minimum Gasteiger partial charge on any atom is -0.456 e. The number of urea groups is 1. The molecule has 27 heavy (non-hydrogen) atoms. The van der Waals surface area contributed by atoms with Crippen LogP contribution in [0.3, 0.4) is 0 Å². The monoisotopic (exact) mass is 371 g/mol. The van der Waals surface area contributed by atoms with E-state index in [1.807, 2.05) is 52.8 Å². The molecule has 0 bridgehead atoms. The van der Waals surface area contributed by atoms with Crippen molar-refractivity contribution in [3.63, 3.8) is 0 Å². The van der Waals surface area contributed by atoms with E-state index in [1.165, 1.54) is 4.90 Å². The third-order valence-corrected chi connectivity index (χ3v) is 4.56. The van der Waals surface area contributed by atoms with Crippen molar-refractivity contribution in [2.45, 2.75) is 46.2 Å². The van der Waals surface area contributed by atoms with E-state index in [0.29, 0.717) is 11.3 Å². The molecule has 0 unspecified atom stereocenters. The number of nitrogens with one attached hydrogen (secondary N) is 2. The van der Waals surface area contributed by atoms with Gasteiger partial charge in [-0.25, -0.2) is 9.59 Å². The maximum Gasteiger partial charge on any atom is 0.338 e. The van der Waals surface area contributed by atoms with Gasteiger partial charge >= 0.3 is 12.0 Å². The minimum atomic E-state index is -0.579. The molecule has 2 aliphatic rings. The first-order valence-electron chi connectivity index (χ1n) is 8.93. The number of hydrogen-bond acceptors (Lipinski definition) is 4. The van der Waals surface area contributed by atoms with Gasteiger partial charge in [0, 0.05) is 5.54 Å². The lowest BCUT2D eigenvalue weighted by Gasteiger charge is -2.33. The Balaban J connectivity index is 1.97. The van der Waals surface area contributed by atoms with Gasteiger partial charge in [-0.15, -0.1) is 0 Å². The molecule has 0 aromatic heterocycles. The lowest BCUT2D eigenvalue weighted by molar-refractivity contribution is -0.136. The molecule has 144 valence electrons. The van der Waals surface area contributed by atoms with Gasteiger partial charge in [-0.1, -0.05) is 23.8 Å². The van der Waals surface area contributed by atoms with Gasteiger partial charge < -0.3 is 15.4 Å². The van der Waals surface area contributed by atoms with E-state index in [4.69, 9.17) is 4.74 Å². The van der Waals surface area contributed by atoms with Crippen molar-refractivity contribution < 1.29 is 19.1 Å². The molecule has 3 amide bonds. The lowest BCUT2D eigenvalue weighted by Crippen LogP contribution is -2.52. The second-order valence-electron chi connectivity index (χ2n) is 8.06. The molecule has 0 fully saturated rings. The van der Waals surface area contributed by atoms with Crippen LogP contribution in [0.2, 0.25) is 0 Å². The number of hydrogen-bond donors (Lipinski definition) is 2. The topological polar surface area (TPSA) is 87.7 Å². The highest BCUT2D eigenvalue weighted by atomic mass is 16.5. The van der Waals surface area contributed by atoms with Crippen molar-refractivity contribution in [3.8, 4) is 0 Å². The first-order valence-corrected chi connectivity index (χ1v) is 8.93. The number of benzene rings is 1. The van der Waals surface area contributed by atoms with Gasteiger partial charge in [0.05, 0.1) is 17.3 Å². The minimum absolute atomic E-state index is 0.00819. The molecule has 0 saturated carbocycles. The highest BCUT2D eigenvalue weighted by Gasteiger charge is 2.43. The fraction of sp³-hybridized carbons (Fsp3) is 0.450. The number of ether oxygens (including phenoxy) is 1. The fourth-order valence-electron chi connectivity index (χ4n) is 3.38. The molecule has 0 aliphatic carbocycles. The number of esters is 1. The molecular weight excluding hydrogens is 346 g/mol. The first kappa shape index (κ1) is 18.9. The molecule has 1 atom stereocenters. The van der Waals surface area contributed by atoms with Crippen LogP contribution in [0.15, 0.2) is 29.5 Å². The standard InChI is InChI=1S/C20H25N3O4/c1-11-6-7-12(2)13(8-11)17-16-14(10-27-18(16)25)23(19(26)21-17)9-15(24)22-20(3,4)5/h6-8,17H,9-10H2,1-5H3,(H,21,26)(H,22,24)/t17-/m0/s1. The Morgan fingerprint density at radius 1 is 1.30 bits per heavy atom. The molecule has 3 rings (SSSR count). The number of carbonyl (C=O) groups excluding carboxylic acids is 3. The van der Waals surface area contributed by atoms with Crippen LogP contribution in [-0.2, 0) is 14.3 Å². The van der Waals surface area contributed by atoms with E-state index >= 15 is 0 Å². The van der Waals surface area contributed by atoms with E-state index in [-0.39, 0.29) is 19.1 Å². The fourth-order valence-corrected chi connectivity index (χ4v) is 3.38. The summed E-state index contributed by atoms with van der Waals surface area (Å²) in [5.74, 6) is -0.758. The van der Waals surface area contributed by atoms with Gasteiger partial charge in [-0.05, 0) is 45.7 Å². The Morgan fingerprint density at radius 2 is 2.00 bits per heavy atom. The van der Waals surface area contributed by atoms with Crippen molar-refractivity contribution in [2.24, 2.45) is 0 Å². The first-order chi connectivity index (χ1) is 12.6. The summed E-state index contributed by atoms with van der Waals surface area (Å²) in [4.78, 5) is 38.8. The van der Waals surface area contributed by atoms with E-state index in [2.05, 4.69) is 10.6 Å². The van der Waals surface area contributed by atoms with Crippen LogP contribution in [0.5, 0.6) is 0 Å². The predicted molar refractivity (Wildman–Crippen MR) is 99.8 cm³/mol. The maximum absolute atomic E-state index is 12.8. The highest BCUT2D eigenvalue weighted by molar-refractivity contribution is 5.98. The summed E-state index contributed by atoms with van der Waals surface area (Å²) >= 11 is 0. The third-order valence-electron chi connectivity index (χ3n) is 4.56. The summed E-state index contributed by atoms with van der Waals surface area (Å²) in [5.41, 5.74) is 3.30. The van der Waals surface area contributed by atoms with Crippen LogP contribution in [0.1, 0.15) is 43.5 Å². The summed E-state index contributed by atoms with van der Waals surface area (Å²) in [6.45, 7) is 9.31. The largest absolute Gasteiger partial charge is 0.456 e. The number of carbonyl (C=O) groups is 3. The second kappa shape index (κ2) is 6.72. The number of amides is 3. The molecule has 1 aromatic rings. The van der Waals surface area contributed by atoms with Gasteiger partial charge in [0.1, 0.15) is 13.2 Å². The van der Waals surface area contributed by atoms with E-state index < -0.39 is 23.6 Å². The van der Waals surface area contributed by atoms with Crippen molar-refractivity contribution in [2.75, 3.05) is 13.2 Å². The van der Waals surface area contributed by atoms with Gasteiger partial charge in [0.25, 0.3) is 0 Å². The van der Waals surface area contributed by atoms with Gasteiger partial charge in [0.2, 0.25) is 5.91 Å². The average Bonchev–Trinajstić information content (AvgIpc) is 2.92. The zero-order valence-electron chi connectivity index (χ0n) is 16.3. The Kier molecular flexibility index (Phi) is 4.71. The zero-order valence-corrected chi connectivity index (χ0v) is 16.3. The van der Waals surface area contributed by atoms with Crippen LogP contribution < -0.4 is 10.6 Å². The number of rotatable bonds is 3. The summed E-state index contributed by atoms with van der Waals surface area (Å²) in [7, 11) is 0. The smallest absolute Gasteiger partial charge is 0.338 e. The van der Waals surface area contributed by atoms with Gasteiger partial charge in [0.15, 0.2) is 0 Å². The Labute approximate surface area is 158 Å². The van der Waals surface area contributed by atoms with Crippen molar-refractivity contribution >= 4 is 17.9 Å². The molecule has 2 N–H and O–H groups in total. The van der Waals surface area contributed by atoms with Crippen LogP contribution in [0.25, 0.3) is 0 Å². The molecule has 1 aromatic carbocycles. The molecule has 7 nitrogen and oxygen atoms in total. The summed E-state index contributed by atoms with van der Waals surface area (Å²) in [6, 6.07) is 4.90. The zero-order chi connectivity index (χ0) is 19.9. The van der Waals surface area contributed by atoms with Crippen molar-refractivity contribution in [3.05, 3.63) is 46.2 Å². The highest BCUT2D eigenvalue weighted by Crippen LogP contribution is 2.36. The number of nitrogens with zero attached hydrogens (tertiary/aromatic N) is 1. The molecule has 7 heteroatoms. The van der Waals surface area contributed by atoms with Crippen molar-refractivity contribution in [1.29, 1.82) is 0 Å². The molecular formula is C20H25N3O4.